The molecule has 3 nitrogen and oxygen atoms in total. The SMILES string of the molecule is C/C1=C\CC(C)(C)[C@H](C#N)[C@H]2[C@@H](CC1)[C@@]2(C)C(=O)O. The third-order valence-corrected chi connectivity index (χ3v) is 5.41. The van der Waals surface area contributed by atoms with Gasteiger partial charge < -0.3 is 5.11 Å². The maximum atomic E-state index is 11.6. The molecule has 0 bridgehead atoms. The summed E-state index contributed by atoms with van der Waals surface area (Å²) in [5.41, 5.74) is 0.469. The van der Waals surface area contributed by atoms with Gasteiger partial charge in [-0.2, -0.15) is 5.26 Å². The Hall–Kier alpha value is -1.30. The van der Waals surface area contributed by atoms with Gasteiger partial charge in [-0.25, -0.2) is 0 Å². The fourth-order valence-corrected chi connectivity index (χ4v) is 3.79. The molecule has 4 atom stereocenters. The first-order valence-corrected chi connectivity index (χ1v) is 7.03. The molecule has 0 amide bonds. The summed E-state index contributed by atoms with van der Waals surface area (Å²) in [4.78, 5) is 11.6. The molecular weight excluding hydrogens is 238 g/mol. The molecule has 0 saturated heterocycles. The highest BCUT2D eigenvalue weighted by atomic mass is 16.4. The maximum Gasteiger partial charge on any atom is 0.309 e. The van der Waals surface area contributed by atoms with Crippen LogP contribution in [0, 0.1) is 39.9 Å². The van der Waals surface area contributed by atoms with Crippen molar-refractivity contribution >= 4 is 5.97 Å². The Balaban J connectivity index is 2.40. The summed E-state index contributed by atoms with van der Waals surface area (Å²) in [5.74, 6) is -0.763. The zero-order chi connectivity index (χ0) is 14.4. The third kappa shape index (κ3) is 2.08. The van der Waals surface area contributed by atoms with Gasteiger partial charge in [0.2, 0.25) is 0 Å². The molecule has 0 aliphatic heterocycles. The molecule has 0 aromatic carbocycles. The topological polar surface area (TPSA) is 61.1 Å². The van der Waals surface area contributed by atoms with E-state index >= 15 is 0 Å². The predicted molar refractivity (Wildman–Crippen MR) is 73.2 cm³/mol. The monoisotopic (exact) mass is 261 g/mol. The molecule has 19 heavy (non-hydrogen) atoms. The van der Waals surface area contributed by atoms with Crippen molar-refractivity contribution in [2.24, 2.45) is 28.6 Å². The van der Waals surface area contributed by atoms with Gasteiger partial charge >= 0.3 is 5.97 Å². The minimum Gasteiger partial charge on any atom is -0.481 e. The number of nitriles is 1. The number of fused-ring (bicyclic) bond motifs is 1. The summed E-state index contributed by atoms with van der Waals surface area (Å²) in [6, 6.07) is 2.41. The molecule has 1 N–H and O–H groups in total. The average Bonchev–Trinajstić information content (AvgIpc) is 2.90. The van der Waals surface area contributed by atoms with Crippen LogP contribution in [0.3, 0.4) is 0 Å². The summed E-state index contributed by atoms with van der Waals surface area (Å²) in [7, 11) is 0. The normalized spacial score (nSPS) is 43.5. The summed E-state index contributed by atoms with van der Waals surface area (Å²) in [6.45, 7) is 8.12. The number of hydrogen-bond donors (Lipinski definition) is 1. The van der Waals surface area contributed by atoms with E-state index in [1.807, 2.05) is 6.92 Å². The minimum absolute atomic E-state index is 0.00398. The van der Waals surface area contributed by atoms with Gasteiger partial charge in [0.1, 0.15) is 0 Å². The van der Waals surface area contributed by atoms with Gasteiger partial charge in [-0.05, 0) is 50.4 Å². The van der Waals surface area contributed by atoms with Gasteiger partial charge in [0.05, 0.1) is 17.4 Å². The Morgan fingerprint density at radius 3 is 2.63 bits per heavy atom. The zero-order valence-corrected chi connectivity index (χ0v) is 12.2. The van der Waals surface area contributed by atoms with Crippen molar-refractivity contribution < 1.29 is 9.90 Å². The van der Waals surface area contributed by atoms with Crippen molar-refractivity contribution in [1.29, 1.82) is 5.26 Å². The molecule has 0 unspecified atom stereocenters. The number of carbonyl (C=O) groups is 1. The van der Waals surface area contributed by atoms with E-state index in [0.29, 0.717) is 0 Å². The summed E-state index contributed by atoms with van der Waals surface area (Å²) < 4.78 is 0. The van der Waals surface area contributed by atoms with E-state index in [0.717, 1.165) is 19.3 Å². The van der Waals surface area contributed by atoms with Gasteiger partial charge in [0.15, 0.2) is 0 Å². The molecule has 0 aromatic heterocycles. The number of aliphatic carboxylic acids is 1. The Kier molecular flexibility index (Phi) is 3.24. The highest BCUT2D eigenvalue weighted by Crippen LogP contribution is 2.67. The van der Waals surface area contributed by atoms with Crippen LogP contribution in [-0.2, 0) is 4.79 Å². The quantitative estimate of drug-likeness (QED) is 0.733. The van der Waals surface area contributed by atoms with Crippen molar-refractivity contribution in [2.45, 2.75) is 47.0 Å². The molecule has 2 aliphatic rings. The van der Waals surface area contributed by atoms with Crippen LogP contribution in [0.2, 0.25) is 0 Å². The number of hydrogen-bond acceptors (Lipinski definition) is 2. The Labute approximate surface area is 115 Å². The Morgan fingerprint density at radius 1 is 1.47 bits per heavy atom. The predicted octanol–water partition coefficient (Wildman–Crippen LogP) is 3.62. The first-order valence-electron chi connectivity index (χ1n) is 7.03. The van der Waals surface area contributed by atoms with Crippen molar-refractivity contribution in [3.63, 3.8) is 0 Å². The molecule has 3 heteroatoms. The van der Waals surface area contributed by atoms with E-state index in [-0.39, 0.29) is 23.2 Å². The van der Waals surface area contributed by atoms with Gasteiger partial charge in [-0.3, -0.25) is 4.79 Å². The van der Waals surface area contributed by atoms with Crippen LogP contribution in [-0.4, -0.2) is 11.1 Å². The molecule has 2 rings (SSSR count). The largest absolute Gasteiger partial charge is 0.481 e. The van der Waals surface area contributed by atoms with Gasteiger partial charge in [-0.1, -0.05) is 25.5 Å². The zero-order valence-electron chi connectivity index (χ0n) is 12.2. The second-order valence-corrected chi connectivity index (χ2v) is 7.11. The minimum atomic E-state index is -0.735. The molecule has 104 valence electrons. The van der Waals surface area contributed by atoms with E-state index in [4.69, 9.17) is 0 Å². The van der Waals surface area contributed by atoms with Crippen LogP contribution in [0.25, 0.3) is 0 Å². The molecule has 0 heterocycles. The van der Waals surface area contributed by atoms with Crippen LogP contribution in [0.15, 0.2) is 11.6 Å². The van der Waals surface area contributed by atoms with Crippen LogP contribution < -0.4 is 0 Å². The number of carboxylic acid groups (broad SMARTS) is 1. The van der Waals surface area contributed by atoms with Gasteiger partial charge in [-0.15, -0.1) is 0 Å². The van der Waals surface area contributed by atoms with Crippen LogP contribution >= 0.6 is 0 Å². The van der Waals surface area contributed by atoms with E-state index in [1.54, 1.807) is 0 Å². The third-order valence-electron chi connectivity index (χ3n) is 5.41. The fraction of sp³-hybridized carbons (Fsp3) is 0.750. The molecule has 0 radical (unpaired) electrons. The fourth-order valence-electron chi connectivity index (χ4n) is 3.79. The summed E-state index contributed by atoms with van der Waals surface area (Å²) >= 11 is 0. The molecule has 1 saturated carbocycles. The lowest BCUT2D eigenvalue weighted by Gasteiger charge is -2.30. The first kappa shape index (κ1) is 14.1. The highest BCUT2D eigenvalue weighted by molar-refractivity contribution is 5.79. The second-order valence-electron chi connectivity index (χ2n) is 7.11. The summed E-state index contributed by atoms with van der Waals surface area (Å²) in [6.07, 6.45) is 4.94. The molecule has 1 fully saturated rings. The van der Waals surface area contributed by atoms with Gasteiger partial charge in [0.25, 0.3) is 0 Å². The van der Waals surface area contributed by atoms with Crippen molar-refractivity contribution in [1.82, 2.24) is 0 Å². The summed E-state index contributed by atoms with van der Waals surface area (Å²) in [5, 5.41) is 19.1. The van der Waals surface area contributed by atoms with E-state index in [2.05, 4.69) is 32.9 Å². The molecular formula is C16H23NO2. The average molecular weight is 261 g/mol. The molecule has 0 spiro atoms. The number of carboxylic acids is 1. The van der Waals surface area contributed by atoms with E-state index in [9.17, 15) is 15.2 Å². The first-order chi connectivity index (χ1) is 8.75. The van der Waals surface area contributed by atoms with E-state index < -0.39 is 11.4 Å². The van der Waals surface area contributed by atoms with Crippen molar-refractivity contribution in [2.75, 3.05) is 0 Å². The smallest absolute Gasteiger partial charge is 0.309 e. The van der Waals surface area contributed by atoms with Crippen molar-refractivity contribution in [3.8, 4) is 6.07 Å². The number of nitrogens with zero attached hydrogens (tertiary/aromatic N) is 1. The van der Waals surface area contributed by atoms with Gasteiger partial charge in [0, 0.05) is 0 Å². The lowest BCUT2D eigenvalue weighted by Crippen LogP contribution is -2.28. The molecule has 2 aliphatic carbocycles. The lowest BCUT2D eigenvalue weighted by atomic mass is 9.72. The van der Waals surface area contributed by atoms with Crippen LogP contribution in [0.5, 0.6) is 0 Å². The number of allylic oxidation sites excluding steroid dienone is 2. The van der Waals surface area contributed by atoms with Crippen LogP contribution in [0.1, 0.15) is 47.0 Å². The van der Waals surface area contributed by atoms with Crippen molar-refractivity contribution in [3.05, 3.63) is 11.6 Å². The number of rotatable bonds is 1. The molecule has 0 aromatic rings. The lowest BCUT2D eigenvalue weighted by molar-refractivity contribution is -0.144. The Bertz CT molecular complexity index is 472. The Morgan fingerprint density at radius 2 is 2.11 bits per heavy atom. The van der Waals surface area contributed by atoms with E-state index in [1.165, 1.54) is 5.57 Å². The maximum absolute atomic E-state index is 11.6. The van der Waals surface area contributed by atoms with Crippen LogP contribution in [0.4, 0.5) is 0 Å². The standard InChI is InChI=1S/C16H23NO2/c1-10-5-6-11-13(16(11,4)14(18)19)12(9-17)15(2,3)8-7-10/h7,11-13H,5-6,8H2,1-4H3,(H,18,19)/b10-7+/t11-,12-,13-,16-/m1/s1. The second kappa shape index (κ2) is 4.37. The highest BCUT2D eigenvalue weighted by Gasteiger charge is 2.70.